The third kappa shape index (κ3) is 8.65. The quantitative estimate of drug-likeness (QED) is 0.472. The molecule has 0 aliphatic rings. The molecule has 0 fully saturated rings. The van der Waals surface area contributed by atoms with Gasteiger partial charge in [0.15, 0.2) is 0 Å². The highest BCUT2D eigenvalue weighted by Gasteiger charge is 2.29. The first-order valence-corrected chi connectivity index (χ1v) is 13.7. The van der Waals surface area contributed by atoms with Crippen molar-refractivity contribution in [1.29, 1.82) is 0 Å². The van der Waals surface area contributed by atoms with E-state index in [0.29, 0.717) is 12.1 Å². The molecule has 192 valence electrons. The minimum absolute atomic E-state index is 0.0591. The molecule has 2 aromatic rings. The zero-order chi connectivity index (χ0) is 26.2. The number of aryl methyl sites for hydroxylation is 1. The minimum Gasteiger partial charge on any atom is -0.352 e. The SMILES string of the molecule is CC[C@@H](C(=O)NC(C)C)N(Cc1ccc(C)cc1)C(=O)CCCN(c1ccc(F)cc1)S(C)(=O)=O. The summed E-state index contributed by atoms with van der Waals surface area (Å²) < 4.78 is 39.1. The van der Waals surface area contributed by atoms with Crippen LogP contribution in [0.1, 0.15) is 51.2 Å². The fourth-order valence-corrected chi connectivity index (χ4v) is 4.77. The predicted octanol–water partition coefficient (Wildman–Crippen LogP) is 4.01. The molecule has 7 nitrogen and oxygen atoms in total. The van der Waals surface area contributed by atoms with Crippen molar-refractivity contribution in [3.8, 4) is 0 Å². The van der Waals surface area contributed by atoms with Gasteiger partial charge in [0, 0.05) is 25.6 Å². The Balaban J connectivity index is 2.20. The van der Waals surface area contributed by atoms with E-state index in [4.69, 9.17) is 0 Å². The van der Waals surface area contributed by atoms with Crippen molar-refractivity contribution >= 4 is 27.5 Å². The number of carbonyl (C=O) groups excluding carboxylic acids is 2. The highest BCUT2D eigenvalue weighted by atomic mass is 32.2. The van der Waals surface area contributed by atoms with Gasteiger partial charge in [-0.1, -0.05) is 36.8 Å². The van der Waals surface area contributed by atoms with E-state index in [1.165, 1.54) is 24.3 Å². The van der Waals surface area contributed by atoms with Crippen LogP contribution in [0.25, 0.3) is 0 Å². The molecule has 2 amide bonds. The van der Waals surface area contributed by atoms with Crippen LogP contribution < -0.4 is 9.62 Å². The summed E-state index contributed by atoms with van der Waals surface area (Å²) in [6.45, 7) is 7.91. The zero-order valence-electron chi connectivity index (χ0n) is 21.1. The van der Waals surface area contributed by atoms with E-state index in [1.807, 2.05) is 52.0 Å². The lowest BCUT2D eigenvalue weighted by Crippen LogP contribution is -2.50. The van der Waals surface area contributed by atoms with Gasteiger partial charge < -0.3 is 10.2 Å². The number of rotatable bonds is 12. The average Bonchev–Trinajstić information content (AvgIpc) is 2.77. The number of sulfonamides is 1. The van der Waals surface area contributed by atoms with Crippen LogP contribution in [0, 0.1) is 12.7 Å². The molecule has 0 aromatic heterocycles. The molecule has 2 aromatic carbocycles. The van der Waals surface area contributed by atoms with E-state index in [0.717, 1.165) is 21.7 Å². The fourth-order valence-electron chi connectivity index (χ4n) is 3.80. The number of anilines is 1. The lowest BCUT2D eigenvalue weighted by atomic mass is 10.1. The van der Waals surface area contributed by atoms with E-state index < -0.39 is 21.9 Å². The maximum atomic E-state index is 13.3. The van der Waals surface area contributed by atoms with Crippen LogP contribution in [0.4, 0.5) is 10.1 Å². The maximum absolute atomic E-state index is 13.3. The number of hydrogen-bond donors (Lipinski definition) is 1. The van der Waals surface area contributed by atoms with Gasteiger partial charge in [0.2, 0.25) is 21.8 Å². The van der Waals surface area contributed by atoms with Gasteiger partial charge in [-0.05, 0) is 63.4 Å². The molecule has 0 heterocycles. The van der Waals surface area contributed by atoms with Gasteiger partial charge in [0.05, 0.1) is 11.9 Å². The Morgan fingerprint density at radius 2 is 1.63 bits per heavy atom. The van der Waals surface area contributed by atoms with Gasteiger partial charge in [-0.2, -0.15) is 0 Å². The Morgan fingerprint density at radius 1 is 1.03 bits per heavy atom. The second-order valence-electron chi connectivity index (χ2n) is 9.01. The van der Waals surface area contributed by atoms with Crippen molar-refractivity contribution in [2.45, 2.75) is 65.6 Å². The second-order valence-corrected chi connectivity index (χ2v) is 10.9. The summed E-state index contributed by atoms with van der Waals surface area (Å²) in [5.41, 5.74) is 2.34. The standard InChI is InChI=1S/C26H36FN3O4S/c1-6-24(26(32)28-19(2)3)29(18-21-11-9-20(4)10-12-21)25(31)8-7-17-30(35(5,33)34)23-15-13-22(27)14-16-23/h9-16,19,24H,6-8,17-18H2,1-5H3,(H,28,32)/t24-/m0/s1. The number of halogens is 1. The summed E-state index contributed by atoms with van der Waals surface area (Å²) in [4.78, 5) is 27.8. The summed E-state index contributed by atoms with van der Waals surface area (Å²) in [6.07, 6.45) is 1.83. The van der Waals surface area contributed by atoms with Gasteiger partial charge in [0.1, 0.15) is 11.9 Å². The molecule has 0 spiro atoms. The molecule has 2 rings (SSSR count). The molecule has 9 heteroatoms. The summed E-state index contributed by atoms with van der Waals surface area (Å²) in [5, 5.41) is 2.89. The van der Waals surface area contributed by atoms with E-state index in [1.54, 1.807) is 4.90 Å². The maximum Gasteiger partial charge on any atom is 0.243 e. The van der Waals surface area contributed by atoms with Crippen LogP contribution in [0.15, 0.2) is 48.5 Å². The third-order valence-electron chi connectivity index (χ3n) is 5.56. The van der Waals surface area contributed by atoms with Gasteiger partial charge in [-0.15, -0.1) is 0 Å². The minimum atomic E-state index is -3.63. The highest BCUT2D eigenvalue weighted by molar-refractivity contribution is 7.92. The van der Waals surface area contributed by atoms with Crippen LogP contribution >= 0.6 is 0 Å². The van der Waals surface area contributed by atoms with Gasteiger partial charge in [-0.25, -0.2) is 12.8 Å². The lowest BCUT2D eigenvalue weighted by molar-refractivity contribution is -0.141. The van der Waals surface area contributed by atoms with Gasteiger partial charge >= 0.3 is 0 Å². The molecule has 0 aliphatic heterocycles. The Morgan fingerprint density at radius 3 is 2.14 bits per heavy atom. The Bertz CT molecular complexity index is 1090. The van der Waals surface area contributed by atoms with E-state index in [-0.39, 0.29) is 43.8 Å². The summed E-state index contributed by atoms with van der Waals surface area (Å²) >= 11 is 0. The Kier molecular flexibility index (Phi) is 10.2. The van der Waals surface area contributed by atoms with E-state index in [9.17, 15) is 22.4 Å². The third-order valence-corrected chi connectivity index (χ3v) is 6.75. The first-order valence-electron chi connectivity index (χ1n) is 11.8. The molecular weight excluding hydrogens is 469 g/mol. The Labute approximate surface area is 208 Å². The predicted molar refractivity (Wildman–Crippen MR) is 137 cm³/mol. The molecule has 1 atom stereocenters. The lowest BCUT2D eigenvalue weighted by Gasteiger charge is -2.31. The highest BCUT2D eigenvalue weighted by Crippen LogP contribution is 2.20. The van der Waals surface area contributed by atoms with Gasteiger partial charge in [0.25, 0.3) is 0 Å². The Hall–Kier alpha value is -2.94. The van der Waals surface area contributed by atoms with Crippen molar-refractivity contribution < 1.29 is 22.4 Å². The van der Waals surface area contributed by atoms with Crippen molar-refractivity contribution in [2.75, 3.05) is 17.1 Å². The molecule has 0 unspecified atom stereocenters. The first-order chi connectivity index (χ1) is 16.4. The van der Waals surface area contributed by atoms with E-state index in [2.05, 4.69) is 5.32 Å². The number of amides is 2. The molecule has 0 saturated carbocycles. The molecule has 0 bridgehead atoms. The molecule has 0 aliphatic carbocycles. The van der Waals surface area contributed by atoms with Crippen LogP contribution in [-0.2, 0) is 26.2 Å². The normalized spacial score (nSPS) is 12.3. The summed E-state index contributed by atoms with van der Waals surface area (Å²) in [6, 6.07) is 12.3. The number of nitrogens with zero attached hydrogens (tertiary/aromatic N) is 2. The topological polar surface area (TPSA) is 86.8 Å². The monoisotopic (exact) mass is 505 g/mol. The number of hydrogen-bond acceptors (Lipinski definition) is 4. The number of benzene rings is 2. The number of nitrogens with one attached hydrogen (secondary N) is 1. The summed E-state index contributed by atoms with van der Waals surface area (Å²) in [5.74, 6) is -0.912. The average molecular weight is 506 g/mol. The van der Waals surface area contributed by atoms with Crippen LogP contribution in [0.2, 0.25) is 0 Å². The summed E-state index contributed by atoms with van der Waals surface area (Å²) in [7, 11) is -3.63. The van der Waals surface area contributed by atoms with Crippen LogP contribution in [0.3, 0.4) is 0 Å². The van der Waals surface area contributed by atoms with Crippen LogP contribution in [0.5, 0.6) is 0 Å². The molecule has 35 heavy (non-hydrogen) atoms. The van der Waals surface area contributed by atoms with Gasteiger partial charge in [-0.3, -0.25) is 13.9 Å². The fraction of sp³-hybridized carbons (Fsp3) is 0.462. The van der Waals surface area contributed by atoms with Crippen molar-refractivity contribution in [3.05, 3.63) is 65.5 Å². The van der Waals surface area contributed by atoms with Crippen molar-refractivity contribution in [3.63, 3.8) is 0 Å². The molecule has 0 saturated heterocycles. The zero-order valence-corrected chi connectivity index (χ0v) is 21.9. The van der Waals surface area contributed by atoms with E-state index >= 15 is 0 Å². The van der Waals surface area contributed by atoms with Crippen molar-refractivity contribution in [2.24, 2.45) is 0 Å². The molecule has 0 radical (unpaired) electrons. The van der Waals surface area contributed by atoms with Crippen LogP contribution in [-0.4, -0.2) is 50.0 Å². The molecule has 1 N–H and O–H groups in total. The van der Waals surface area contributed by atoms with Crippen molar-refractivity contribution in [1.82, 2.24) is 10.2 Å². The number of carbonyl (C=O) groups is 2. The molecular formula is C26H36FN3O4S. The smallest absolute Gasteiger partial charge is 0.243 e. The largest absolute Gasteiger partial charge is 0.352 e. The second kappa shape index (κ2) is 12.7. The first kappa shape index (κ1) is 28.3.